The van der Waals surface area contributed by atoms with Gasteiger partial charge < -0.3 is 9.64 Å². The van der Waals surface area contributed by atoms with E-state index >= 15 is 0 Å². The highest BCUT2D eigenvalue weighted by molar-refractivity contribution is 7.99. The number of morpholine rings is 1. The first kappa shape index (κ1) is 17.0. The van der Waals surface area contributed by atoms with Crippen LogP contribution in [0.5, 0.6) is 0 Å². The van der Waals surface area contributed by atoms with Crippen molar-refractivity contribution in [1.82, 2.24) is 14.8 Å². The summed E-state index contributed by atoms with van der Waals surface area (Å²) in [5.41, 5.74) is 3.09. The Hall–Kier alpha value is -1.86. The van der Waals surface area contributed by atoms with Gasteiger partial charge in [-0.3, -0.25) is 9.36 Å². The van der Waals surface area contributed by atoms with E-state index in [0.717, 1.165) is 35.3 Å². The van der Waals surface area contributed by atoms with Crippen LogP contribution in [0.4, 0.5) is 5.95 Å². The van der Waals surface area contributed by atoms with Crippen LogP contribution in [-0.4, -0.2) is 52.6 Å². The largest absolute Gasteiger partial charge is 0.378 e. The second kappa shape index (κ2) is 7.36. The molecule has 128 valence electrons. The van der Waals surface area contributed by atoms with Gasteiger partial charge in [-0.05, 0) is 31.0 Å². The molecule has 0 bridgehead atoms. The second-order valence-electron chi connectivity index (χ2n) is 5.95. The van der Waals surface area contributed by atoms with Crippen LogP contribution < -0.4 is 4.90 Å². The molecular formula is C17H22N4O2S. The van der Waals surface area contributed by atoms with Gasteiger partial charge in [0.2, 0.25) is 5.95 Å². The van der Waals surface area contributed by atoms with E-state index in [9.17, 15) is 4.79 Å². The summed E-state index contributed by atoms with van der Waals surface area (Å²) in [4.78, 5) is 14.6. The summed E-state index contributed by atoms with van der Waals surface area (Å²) >= 11 is 1.43. The van der Waals surface area contributed by atoms with Crippen LogP contribution >= 0.6 is 11.8 Å². The summed E-state index contributed by atoms with van der Waals surface area (Å²) in [7, 11) is 1.94. The maximum Gasteiger partial charge on any atom is 0.227 e. The minimum absolute atomic E-state index is 0.110. The Morgan fingerprint density at radius 3 is 2.67 bits per heavy atom. The summed E-state index contributed by atoms with van der Waals surface area (Å²) in [5, 5.41) is 9.25. The Bertz CT molecular complexity index is 738. The molecule has 1 aromatic heterocycles. The minimum atomic E-state index is 0.110. The minimum Gasteiger partial charge on any atom is -0.378 e. The molecule has 2 aromatic rings. The van der Waals surface area contributed by atoms with Crippen LogP contribution in [0, 0.1) is 13.8 Å². The van der Waals surface area contributed by atoms with Gasteiger partial charge in [-0.25, -0.2) is 0 Å². The van der Waals surface area contributed by atoms with Gasteiger partial charge in [-0.2, -0.15) is 0 Å². The highest BCUT2D eigenvalue weighted by atomic mass is 32.2. The fourth-order valence-corrected chi connectivity index (χ4v) is 3.40. The first-order valence-corrected chi connectivity index (χ1v) is 9.00. The zero-order valence-corrected chi connectivity index (χ0v) is 15.1. The van der Waals surface area contributed by atoms with E-state index in [1.54, 1.807) is 0 Å². The number of carbonyl (C=O) groups is 1. The van der Waals surface area contributed by atoms with E-state index in [1.165, 1.54) is 17.3 Å². The van der Waals surface area contributed by atoms with Crippen molar-refractivity contribution in [3.63, 3.8) is 0 Å². The van der Waals surface area contributed by atoms with E-state index in [-0.39, 0.29) is 5.78 Å². The number of nitrogens with zero attached hydrogens (tertiary/aromatic N) is 4. The summed E-state index contributed by atoms with van der Waals surface area (Å²) in [6.07, 6.45) is 0. The molecule has 0 spiro atoms. The van der Waals surface area contributed by atoms with Crippen molar-refractivity contribution in [2.24, 2.45) is 7.05 Å². The lowest BCUT2D eigenvalue weighted by Gasteiger charge is -2.27. The molecule has 1 saturated heterocycles. The van der Waals surface area contributed by atoms with Gasteiger partial charge in [0.05, 0.1) is 19.0 Å². The number of hydrogen-bond acceptors (Lipinski definition) is 6. The molecule has 3 rings (SSSR count). The Morgan fingerprint density at radius 1 is 1.21 bits per heavy atom. The summed E-state index contributed by atoms with van der Waals surface area (Å²) < 4.78 is 7.31. The fourth-order valence-electron chi connectivity index (χ4n) is 2.60. The first-order valence-electron chi connectivity index (χ1n) is 8.01. The highest BCUT2D eigenvalue weighted by Crippen LogP contribution is 2.22. The Labute approximate surface area is 146 Å². The Kier molecular flexibility index (Phi) is 5.20. The maximum atomic E-state index is 12.4. The van der Waals surface area contributed by atoms with Crippen molar-refractivity contribution in [2.75, 3.05) is 37.0 Å². The van der Waals surface area contributed by atoms with E-state index in [0.29, 0.717) is 19.0 Å². The van der Waals surface area contributed by atoms with Crippen molar-refractivity contribution in [3.8, 4) is 0 Å². The molecule has 0 radical (unpaired) electrons. The van der Waals surface area contributed by atoms with Gasteiger partial charge in [0, 0.05) is 25.7 Å². The molecule has 0 atom stereocenters. The number of Topliss-reactive ketones (excluding diaryl/α,β-unsaturated/α-hetero) is 1. The number of thioether (sulfide) groups is 1. The highest BCUT2D eigenvalue weighted by Gasteiger charge is 2.19. The lowest BCUT2D eigenvalue weighted by Crippen LogP contribution is -2.37. The molecule has 24 heavy (non-hydrogen) atoms. The van der Waals surface area contributed by atoms with E-state index in [2.05, 4.69) is 15.1 Å². The molecule has 1 aliphatic rings. The zero-order chi connectivity index (χ0) is 17.1. The van der Waals surface area contributed by atoms with Crippen molar-refractivity contribution >= 4 is 23.5 Å². The number of carbonyl (C=O) groups excluding carboxylic acids is 1. The quantitative estimate of drug-likeness (QED) is 0.611. The molecule has 0 aliphatic carbocycles. The lowest BCUT2D eigenvalue weighted by molar-refractivity contribution is 0.102. The normalized spacial score (nSPS) is 14.9. The van der Waals surface area contributed by atoms with Crippen LogP contribution in [-0.2, 0) is 11.8 Å². The predicted molar refractivity (Wildman–Crippen MR) is 95.0 cm³/mol. The SMILES string of the molecule is Cc1ccc(C(=O)CSc2nnc(N3CCOCC3)n2C)cc1C. The molecule has 2 heterocycles. The first-order chi connectivity index (χ1) is 11.6. The zero-order valence-electron chi connectivity index (χ0n) is 14.3. The molecule has 1 fully saturated rings. The predicted octanol–water partition coefficient (Wildman–Crippen LogP) is 2.24. The molecule has 6 nitrogen and oxygen atoms in total. The number of anilines is 1. The summed E-state index contributed by atoms with van der Waals surface area (Å²) in [6, 6.07) is 5.83. The third-order valence-corrected chi connectivity index (χ3v) is 5.29. The number of aryl methyl sites for hydroxylation is 2. The molecule has 1 aliphatic heterocycles. The third-order valence-electron chi connectivity index (χ3n) is 4.27. The van der Waals surface area contributed by atoms with Crippen LogP contribution in [0.3, 0.4) is 0 Å². The van der Waals surface area contributed by atoms with Crippen molar-refractivity contribution in [2.45, 2.75) is 19.0 Å². The van der Waals surface area contributed by atoms with Crippen LogP contribution in [0.2, 0.25) is 0 Å². The number of benzene rings is 1. The molecule has 0 N–H and O–H groups in total. The topological polar surface area (TPSA) is 60.3 Å². The summed E-state index contributed by atoms with van der Waals surface area (Å²) in [5.74, 6) is 1.30. The monoisotopic (exact) mass is 346 g/mol. The number of aromatic nitrogens is 3. The van der Waals surface area contributed by atoms with Crippen molar-refractivity contribution in [1.29, 1.82) is 0 Å². The fraction of sp³-hybridized carbons (Fsp3) is 0.471. The lowest BCUT2D eigenvalue weighted by atomic mass is 10.0. The standard InChI is InChI=1S/C17H22N4O2S/c1-12-4-5-14(10-13(12)2)15(22)11-24-17-19-18-16(20(17)3)21-6-8-23-9-7-21/h4-5,10H,6-9,11H2,1-3H3. The molecular weight excluding hydrogens is 324 g/mol. The molecule has 0 unspecified atom stereocenters. The number of ketones is 1. The van der Waals surface area contributed by atoms with Gasteiger partial charge in [-0.1, -0.05) is 23.9 Å². The number of ether oxygens (including phenoxy) is 1. The Morgan fingerprint density at radius 2 is 1.96 bits per heavy atom. The average Bonchev–Trinajstić information content (AvgIpc) is 2.96. The third kappa shape index (κ3) is 3.62. The van der Waals surface area contributed by atoms with Gasteiger partial charge in [-0.15, -0.1) is 10.2 Å². The molecule has 0 amide bonds. The maximum absolute atomic E-state index is 12.4. The van der Waals surface area contributed by atoms with E-state index in [4.69, 9.17) is 4.74 Å². The van der Waals surface area contributed by atoms with Gasteiger partial charge in [0.25, 0.3) is 0 Å². The number of rotatable bonds is 5. The smallest absolute Gasteiger partial charge is 0.227 e. The molecule has 7 heteroatoms. The van der Waals surface area contributed by atoms with Gasteiger partial charge in [0.1, 0.15) is 0 Å². The van der Waals surface area contributed by atoms with Crippen LogP contribution in [0.1, 0.15) is 21.5 Å². The van der Waals surface area contributed by atoms with Gasteiger partial charge >= 0.3 is 0 Å². The molecule has 1 aromatic carbocycles. The van der Waals surface area contributed by atoms with Gasteiger partial charge in [0.15, 0.2) is 10.9 Å². The van der Waals surface area contributed by atoms with E-state index in [1.807, 2.05) is 43.7 Å². The summed E-state index contributed by atoms with van der Waals surface area (Å²) in [6.45, 7) is 7.12. The van der Waals surface area contributed by atoms with Crippen molar-refractivity contribution in [3.05, 3.63) is 34.9 Å². The average molecular weight is 346 g/mol. The Balaban J connectivity index is 1.65. The van der Waals surface area contributed by atoms with Crippen LogP contribution in [0.15, 0.2) is 23.4 Å². The van der Waals surface area contributed by atoms with Crippen molar-refractivity contribution < 1.29 is 9.53 Å². The molecule has 0 saturated carbocycles. The van der Waals surface area contributed by atoms with Crippen LogP contribution in [0.25, 0.3) is 0 Å². The second-order valence-corrected chi connectivity index (χ2v) is 6.89. The number of hydrogen-bond donors (Lipinski definition) is 0. The van der Waals surface area contributed by atoms with E-state index < -0.39 is 0 Å².